The number of benzene rings is 2. The molecule has 3 amide bonds. The van der Waals surface area contributed by atoms with Crippen LogP contribution in [0.4, 0.5) is 8.78 Å². The van der Waals surface area contributed by atoms with Crippen LogP contribution in [0.1, 0.15) is 73.3 Å². The zero-order valence-electron chi connectivity index (χ0n) is 21.0. The Morgan fingerprint density at radius 3 is 2.22 bits per heavy atom. The highest BCUT2D eigenvalue weighted by Crippen LogP contribution is 2.40. The molecule has 0 aromatic heterocycles. The fourth-order valence-electron chi connectivity index (χ4n) is 6.07. The molecule has 2 aromatic rings. The molecule has 3 N–H and O–H groups in total. The van der Waals surface area contributed by atoms with E-state index in [1.165, 1.54) is 6.07 Å². The largest absolute Gasteiger partial charge is 0.368 e. The maximum Gasteiger partial charge on any atom is 0.256 e. The van der Waals surface area contributed by atoms with E-state index in [4.69, 9.17) is 5.73 Å². The number of nitrogens with two attached hydrogens (primary N) is 1. The number of nitrogens with one attached hydrogen (secondary N) is 1. The minimum Gasteiger partial charge on any atom is -0.368 e. The molecule has 4 rings (SSSR count). The molecule has 2 fully saturated rings. The van der Waals surface area contributed by atoms with Crippen LogP contribution in [-0.4, -0.2) is 35.7 Å². The van der Waals surface area contributed by atoms with Gasteiger partial charge in [0.1, 0.15) is 17.7 Å². The monoisotopic (exact) mass is 511 g/mol. The van der Waals surface area contributed by atoms with Gasteiger partial charge in [-0.25, -0.2) is 8.78 Å². The molecule has 1 aliphatic heterocycles. The molecule has 3 atom stereocenters. The number of primary amides is 1. The van der Waals surface area contributed by atoms with Gasteiger partial charge in [0.25, 0.3) is 5.91 Å². The Bertz CT molecular complexity index is 1100. The van der Waals surface area contributed by atoms with Gasteiger partial charge in [-0.1, -0.05) is 43.2 Å². The lowest BCUT2D eigenvalue weighted by Crippen LogP contribution is -2.45. The highest BCUT2D eigenvalue weighted by molar-refractivity contribution is 5.94. The van der Waals surface area contributed by atoms with E-state index in [0.29, 0.717) is 24.6 Å². The summed E-state index contributed by atoms with van der Waals surface area (Å²) in [6, 6.07) is 11.2. The van der Waals surface area contributed by atoms with Gasteiger partial charge >= 0.3 is 0 Å². The maximum atomic E-state index is 14.2. The first kappa shape index (κ1) is 26.8. The highest BCUT2D eigenvalue weighted by atomic mass is 19.1. The van der Waals surface area contributed by atoms with E-state index >= 15 is 0 Å². The summed E-state index contributed by atoms with van der Waals surface area (Å²) in [7, 11) is 0. The van der Waals surface area contributed by atoms with E-state index in [1.807, 2.05) is 18.2 Å². The first-order valence-electron chi connectivity index (χ1n) is 13.2. The molecule has 0 bridgehead atoms. The molecule has 1 aliphatic carbocycles. The predicted molar refractivity (Wildman–Crippen MR) is 136 cm³/mol. The first-order valence-corrected chi connectivity index (χ1v) is 13.2. The molecular formula is C29H35F2N3O3. The van der Waals surface area contributed by atoms with Crippen LogP contribution in [-0.2, 0) is 9.59 Å². The average molecular weight is 512 g/mol. The second-order valence-electron chi connectivity index (χ2n) is 10.3. The molecule has 1 saturated carbocycles. The summed E-state index contributed by atoms with van der Waals surface area (Å²) in [5, 5.41) is 2.92. The van der Waals surface area contributed by atoms with Crippen molar-refractivity contribution in [1.82, 2.24) is 10.2 Å². The highest BCUT2D eigenvalue weighted by Gasteiger charge is 2.37. The minimum absolute atomic E-state index is 0.107. The topological polar surface area (TPSA) is 92.5 Å². The fraction of sp³-hybridized carbons (Fsp3) is 0.483. The van der Waals surface area contributed by atoms with Crippen LogP contribution in [0.2, 0.25) is 0 Å². The van der Waals surface area contributed by atoms with E-state index in [2.05, 4.69) is 5.32 Å². The lowest BCUT2D eigenvalue weighted by molar-refractivity contribution is -0.133. The zero-order chi connectivity index (χ0) is 26.4. The number of carbonyl (C=O) groups is 3. The van der Waals surface area contributed by atoms with Crippen molar-refractivity contribution >= 4 is 17.7 Å². The molecule has 1 unspecified atom stereocenters. The molecular weight excluding hydrogens is 476 g/mol. The van der Waals surface area contributed by atoms with Gasteiger partial charge in [0, 0.05) is 25.1 Å². The summed E-state index contributed by atoms with van der Waals surface area (Å²) in [5.74, 6) is -2.32. The number of hydrogen-bond acceptors (Lipinski definition) is 3. The van der Waals surface area contributed by atoms with Gasteiger partial charge in [0.15, 0.2) is 0 Å². The summed E-state index contributed by atoms with van der Waals surface area (Å²) < 4.78 is 27.4. The summed E-state index contributed by atoms with van der Waals surface area (Å²) in [5.41, 5.74) is 6.19. The van der Waals surface area contributed by atoms with Crippen molar-refractivity contribution in [3.63, 3.8) is 0 Å². The molecule has 0 radical (unpaired) electrons. The van der Waals surface area contributed by atoms with Crippen molar-refractivity contribution in [2.24, 2.45) is 23.5 Å². The first-order chi connectivity index (χ1) is 17.8. The second kappa shape index (κ2) is 12.3. The minimum atomic E-state index is -0.861. The smallest absolute Gasteiger partial charge is 0.256 e. The van der Waals surface area contributed by atoms with Gasteiger partial charge in [-0.15, -0.1) is 0 Å². The number of carbonyl (C=O) groups excluding carboxylic acids is 3. The Morgan fingerprint density at radius 2 is 1.57 bits per heavy atom. The van der Waals surface area contributed by atoms with Gasteiger partial charge in [-0.3, -0.25) is 14.4 Å². The van der Waals surface area contributed by atoms with Gasteiger partial charge in [-0.2, -0.15) is 0 Å². The number of halogens is 2. The van der Waals surface area contributed by atoms with Crippen molar-refractivity contribution in [3.05, 3.63) is 71.3 Å². The third-order valence-corrected chi connectivity index (χ3v) is 7.92. The zero-order valence-corrected chi connectivity index (χ0v) is 21.0. The summed E-state index contributed by atoms with van der Waals surface area (Å²) in [6.45, 7) is 0.987. The second-order valence-corrected chi connectivity index (χ2v) is 10.3. The molecule has 198 valence electrons. The molecule has 2 aliphatic rings. The summed E-state index contributed by atoms with van der Waals surface area (Å²) >= 11 is 0. The van der Waals surface area contributed by atoms with Gasteiger partial charge < -0.3 is 16.0 Å². The van der Waals surface area contributed by atoms with E-state index < -0.39 is 29.5 Å². The van der Waals surface area contributed by atoms with E-state index in [9.17, 15) is 23.2 Å². The van der Waals surface area contributed by atoms with Crippen molar-refractivity contribution in [2.75, 3.05) is 13.1 Å². The Kier molecular flexibility index (Phi) is 8.90. The Balaban J connectivity index is 1.39. The predicted octanol–water partition coefficient (Wildman–Crippen LogP) is 4.75. The number of hydrogen-bond donors (Lipinski definition) is 2. The van der Waals surface area contributed by atoms with Crippen molar-refractivity contribution in [3.8, 4) is 0 Å². The average Bonchev–Trinajstić information content (AvgIpc) is 2.87. The van der Waals surface area contributed by atoms with Gasteiger partial charge in [0.05, 0.1) is 5.56 Å². The third-order valence-electron chi connectivity index (χ3n) is 7.92. The van der Waals surface area contributed by atoms with Crippen LogP contribution in [0.5, 0.6) is 0 Å². The van der Waals surface area contributed by atoms with Crippen molar-refractivity contribution < 1.29 is 23.2 Å². The molecule has 1 heterocycles. The van der Waals surface area contributed by atoms with E-state index in [1.54, 1.807) is 17.0 Å². The standard InChI is InChI=1S/C29H35F2N3O3/c30-21-14-15-24(25(31)18-21)29(37)34-16-6-10-19(11-7-17-34)22-12-4-5-13-23(22)28(36)33-26(27(32)35)20-8-2-1-3-9-20/h1-3,8-9,14-15,18-19,22-23,26H,4-7,10-13,16-17H2,(H2,32,35)(H,33,36)/t22?,23-,26+/m1/s1. The van der Waals surface area contributed by atoms with Gasteiger partial charge in [0.2, 0.25) is 11.8 Å². The molecule has 8 heteroatoms. The maximum absolute atomic E-state index is 14.2. The molecule has 0 spiro atoms. The van der Waals surface area contributed by atoms with Crippen LogP contribution < -0.4 is 11.1 Å². The normalized spacial score (nSPS) is 21.9. The SMILES string of the molecule is NC(=O)[C@@H](NC(=O)[C@@H]1CCCCC1C1CCCN(C(=O)c2ccc(F)cc2F)CCC1)c1ccccc1. The van der Waals surface area contributed by atoms with Crippen molar-refractivity contribution in [2.45, 2.75) is 57.4 Å². The van der Waals surface area contributed by atoms with Crippen LogP contribution in [0.3, 0.4) is 0 Å². The fourth-order valence-corrected chi connectivity index (χ4v) is 6.07. The molecule has 37 heavy (non-hydrogen) atoms. The number of likely N-dealkylation sites (tertiary alicyclic amines) is 1. The number of amides is 3. The quantitative estimate of drug-likeness (QED) is 0.587. The van der Waals surface area contributed by atoms with Crippen LogP contribution in [0.25, 0.3) is 0 Å². The van der Waals surface area contributed by atoms with Crippen LogP contribution in [0.15, 0.2) is 48.5 Å². The Labute approximate surface area is 216 Å². The number of nitrogens with zero attached hydrogens (tertiary/aromatic N) is 1. The van der Waals surface area contributed by atoms with E-state index in [-0.39, 0.29) is 23.3 Å². The molecule has 1 saturated heterocycles. The third kappa shape index (κ3) is 6.53. The van der Waals surface area contributed by atoms with Crippen LogP contribution in [0, 0.1) is 29.4 Å². The molecule has 2 aromatic carbocycles. The summed E-state index contributed by atoms with van der Waals surface area (Å²) in [6.07, 6.45) is 7.00. The number of rotatable bonds is 6. The molecule has 6 nitrogen and oxygen atoms in total. The van der Waals surface area contributed by atoms with Gasteiger partial charge in [-0.05, 0) is 68.1 Å². The lowest BCUT2D eigenvalue weighted by Gasteiger charge is -2.39. The Hall–Kier alpha value is -3.29. The van der Waals surface area contributed by atoms with Crippen molar-refractivity contribution in [1.29, 1.82) is 0 Å². The summed E-state index contributed by atoms with van der Waals surface area (Å²) in [4.78, 5) is 40.1. The Morgan fingerprint density at radius 1 is 0.892 bits per heavy atom. The van der Waals surface area contributed by atoms with Crippen LogP contribution >= 0.6 is 0 Å². The lowest BCUT2D eigenvalue weighted by atomic mass is 9.69. The van der Waals surface area contributed by atoms with E-state index in [0.717, 1.165) is 63.5 Å².